The van der Waals surface area contributed by atoms with Crippen LogP contribution in [0.25, 0.3) is 0 Å². The van der Waals surface area contributed by atoms with Gasteiger partial charge in [0, 0.05) is 25.2 Å². The quantitative estimate of drug-likeness (QED) is 0.772. The van der Waals surface area contributed by atoms with Crippen molar-refractivity contribution in [2.45, 2.75) is 58.5 Å². The topological polar surface area (TPSA) is 15.3 Å². The monoisotopic (exact) mass is 224 g/mol. The molecule has 2 heteroatoms. The molecule has 0 aromatic carbocycles. The second-order valence-electron chi connectivity index (χ2n) is 6.13. The van der Waals surface area contributed by atoms with Crippen LogP contribution in [0.1, 0.15) is 46.5 Å². The van der Waals surface area contributed by atoms with Crippen molar-refractivity contribution >= 4 is 0 Å². The first-order valence-electron chi connectivity index (χ1n) is 7.14. The predicted molar refractivity (Wildman–Crippen MR) is 69.6 cm³/mol. The molecule has 2 nitrogen and oxygen atoms in total. The minimum absolute atomic E-state index is 0.712. The number of nitrogens with one attached hydrogen (secondary N) is 1. The molecule has 2 rings (SSSR count). The molecule has 1 saturated carbocycles. The van der Waals surface area contributed by atoms with E-state index in [1.54, 1.807) is 0 Å². The first kappa shape index (κ1) is 12.4. The molecule has 0 amide bonds. The highest BCUT2D eigenvalue weighted by molar-refractivity contribution is 4.85. The second-order valence-corrected chi connectivity index (χ2v) is 6.13. The number of likely N-dealkylation sites (tertiary alicyclic amines) is 1. The largest absolute Gasteiger partial charge is 0.312 e. The Kier molecular flexibility index (Phi) is 4.26. The van der Waals surface area contributed by atoms with Gasteiger partial charge >= 0.3 is 0 Å². The van der Waals surface area contributed by atoms with Crippen LogP contribution >= 0.6 is 0 Å². The molecule has 1 N–H and O–H groups in total. The molecule has 1 saturated heterocycles. The van der Waals surface area contributed by atoms with E-state index < -0.39 is 0 Å². The van der Waals surface area contributed by atoms with E-state index in [1.165, 1.54) is 45.3 Å². The maximum absolute atomic E-state index is 3.71. The lowest BCUT2D eigenvalue weighted by Gasteiger charge is -2.36. The van der Waals surface area contributed by atoms with Gasteiger partial charge in [0.2, 0.25) is 0 Å². The third-order valence-corrected chi connectivity index (χ3v) is 4.38. The van der Waals surface area contributed by atoms with Gasteiger partial charge in [0.25, 0.3) is 0 Å². The summed E-state index contributed by atoms with van der Waals surface area (Å²) in [6.45, 7) is 10.9. The first-order chi connectivity index (χ1) is 7.66. The summed E-state index contributed by atoms with van der Waals surface area (Å²) in [5, 5.41) is 3.71. The third-order valence-electron chi connectivity index (χ3n) is 4.38. The van der Waals surface area contributed by atoms with Crippen LogP contribution in [0.5, 0.6) is 0 Å². The average molecular weight is 224 g/mol. The Bertz CT molecular complexity index is 213. The molecule has 3 atom stereocenters. The molecule has 1 heterocycles. The summed E-state index contributed by atoms with van der Waals surface area (Å²) in [6, 6.07) is 1.45. The smallest absolute Gasteiger partial charge is 0.0192 e. The Morgan fingerprint density at radius 2 is 2.00 bits per heavy atom. The average Bonchev–Trinajstić information content (AvgIpc) is 3.09. The number of hydrogen-bond acceptors (Lipinski definition) is 2. The Morgan fingerprint density at radius 1 is 1.25 bits per heavy atom. The molecular formula is C14H28N2. The van der Waals surface area contributed by atoms with Crippen molar-refractivity contribution in [2.75, 3.05) is 19.6 Å². The zero-order chi connectivity index (χ0) is 11.5. The van der Waals surface area contributed by atoms with E-state index in [-0.39, 0.29) is 0 Å². The molecule has 0 aromatic rings. The summed E-state index contributed by atoms with van der Waals surface area (Å²) in [6.07, 6.45) is 5.71. The Balaban J connectivity index is 1.67. The number of nitrogens with zero attached hydrogens (tertiary/aromatic N) is 1. The van der Waals surface area contributed by atoms with Gasteiger partial charge in [0.1, 0.15) is 0 Å². The standard InChI is InChI=1S/C14H28N2/c1-11-5-4-8-16(10-11)12(2)9-15-13(3)14-6-7-14/h11-15H,4-10H2,1-3H3. The molecule has 0 aromatic heterocycles. The van der Waals surface area contributed by atoms with Crippen molar-refractivity contribution in [3.63, 3.8) is 0 Å². The molecular weight excluding hydrogens is 196 g/mol. The lowest BCUT2D eigenvalue weighted by Crippen LogP contribution is -2.47. The lowest BCUT2D eigenvalue weighted by molar-refractivity contribution is 0.134. The maximum atomic E-state index is 3.71. The zero-order valence-corrected chi connectivity index (χ0v) is 11.2. The van der Waals surface area contributed by atoms with Crippen LogP contribution < -0.4 is 5.32 Å². The number of hydrogen-bond donors (Lipinski definition) is 1. The Morgan fingerprint density at radius 3 is 2.62 bits per heavy atom. The van der Waals surface area contributed by atoms with Crippen LogP contribution in [0.3, 0.4) is 0 Å². The first-order valence-corrected chi connectivity index (χ1v) is 7.14. The fraction of sp³-hybridized carbons (Fsp3) is 1.00. The normalized spacial score (nSPS) is 31.3. The third kappa shape index (κ3) is 3.46. The highest BCUT2D eigenvalue weighted by Crippen LogP contribution is 2.32. The van der Waals surface area contributed by atoms with E-state index in [0.29, 0.717) is 6.04 Å². The van der Waals surface area contributed by atoms with Gasteiger partial charge in [-0.05, 0) is 57.9 Å². The summed E-state index contributed by atoms with van der Waals surface area (Å²) in [5.74, 6) is 1.88. The summed E-state index contributed by atoms with van der Waals surface area (Å²) in [5.41, 5.74) is 0. The van der Waals surface area contributed by atoms with Crippen LogP contribution in [-0.4, -0.2) is 36.6 Å². The minimum Gasteiger partial charge on any atom is -0.312 e. The molecule has 16 heavy (non-hydrogen) atoms. The minimum atomic E-state index is 0.712. The Labute approximate surface area is 101 Å². The molecule has 3 unspecified atom stereocenters. The molecule has 0 radical (unpaired) electrons. The van der Waals surface area contributed by atoms with Gasteiger partial charge in [-0.1, -0.05) is 6.92 Å². The SMILES string of the molecule is CC1CCCN(C(C)CNC(C)C2CC2)C1. The van der Waals surface area contributed by atoms with E-state index in [2.05, 4.69) is 31.0 Å². The van der Waals surface area contributed by atoms with Crippen molar-refractivity contribution in [1.29, 1.82) is 0 Å². The molecule has 2 fully saturated rings. The molecule has 1 aliphatic heterocycles. The zero-order valence-electron chi connectivity index (χ0n) is 11.2. The van der Waals surface area contributed by atoms with Crippen LogP contribution in [0.4, 0.5) is 0 Å². The van der Waals surface area contributed by atoms with Gasteiger partial charge < -0.3 is 5.32 Å². The van der Waals surface area contributed by atoms with Crippen molar-refractivity contribution in [3.05, 3.63) is 0 Å². The summed E-state index contributed by atoms with van der Waals surface area (Å²) in [4.78, 5) is 2.67. The predicted octanol–water partition coefficient (Wildman–Crippen LogP) is 2.49. The maximum Gasteiger partial charge on any atom is 0.0192 e. The number of piperidine rings is 1. The molecule has 94 valence electrons. The van der Waals surface area contributed by atoms with Gasteiger partial charge in [-0.2, -0.15) is 0 Å². The van der Waals surface area contributed by atoms with Gasteiger partial charge in [-0.3, -0.25) is 4.90 Å². The van der Waals surface area contributed by atoms with E-state index in [9.17, 15) is 0 Å². The van der Waals surface area contributed by atoms with Crippen molar-refractivity contribution in [2.24, 2.45) is 11.8 Å². The molecule has 0 spiro atoms. The second kappa shape index (κ2) is 5.50. The van der Waals surface area contributed by atoms with Gasteiger partial charge in [-0.25, -0.2) is 0 Å². The van der Waals surface area contributed by atoms with Crippen LogP contribution in [-0.2, 0) is 0 Å². The van der Waals surface area contributed by atoms with Gasteiger partial charge in [0.05, 0.1) is 0 Å². The van der Waals surface area contributed by atoms with E-state index >= 15 is 0 Å². The van der Waals surface area contributed by atoms with E-state index in [4.69, 9.17) is 0 Å². The van der Waals surface area contributed by atoms with Gasteiger partial charge in [-0.15, -0.1) is 0 Å². The van der Waals surface area contributed by atoms with Crippen LogP contribution in [0.2, 0.25) is 0 Å². The van der Waals surface area contributed by atoms with E-state index in [0.717, 1.165) is 17.9 Å². The van der Waals surface area contributed by atoms with Gasteiger partial charge in [0.15, 0.2) is 0 Å². The molecule has 1 aliphatic carbocycles. The van der Waals surface area contributed by atoms with Crippen LogP contribution in [0.15, 0.2) is 0 Å². The summed E-state index contributed by atoms with van der Waals surface area (Å²) < 4.78 is 0. The fourth-order valence-electron chi connectivity index (χ4n) is 2.87. The highest BCUT2D eigenvalue weighted by Gasteiger charge is 2.28. The fourth-order valence-corrected chi connectivity index (χ4v) is 2.87. The van der Waals surface area contributed by atoms with Crippen LogP contribution in [0, 0.1) is 11.8 Å². The Hall–Kier alpha value is -0.0800. The molecule has 2 aliphatic rings. The number of rotatable bonds is 5. The van der Waals surface area contributed by atoms with Crippen molar-refractivity contribution < 1.29 is 0 Å². The highest BCUT2D eigenvalue weighted by atomic mass is 15.2. The van der Waals surface area contributed by atoms with Crippen molar-refractivity contribution in [1.82, 2.24) is 10.2 Å². The summed E-state index contributed by atoms with van der Waals surface area (Å²) in [7, 11) is 0. The lowest BCUT2D eigenvalue weighted by atomic mass is 9.99. The molecule has 0 bridgehead atoms. The van der Waals surface area contributed by atoms with Crippen molar-refractivity contribution in [3.8, 4) is 0 Å². The van der Waals surface area contributed by atoms with E-state index in [1.807, 2.05) is 0 Å². The summed E-state index contributed by atoms with van der Waals surface area (Å²) >= 11 is 0.